The Morgan fingerprint density at radius 2 is 1.75 bits per heavy atom. The molecular formula is C41H64N2O4S. The first-order chi connectivity index (χ1) is 22.6. The molecule has 2 N–H and O–H groups in total. The van der Waals surface area contributed by atoms with Crippen LogP contribution in [0.3, 0.4) is 0 Å². The highest BCUT2D eigenvalue weighted by molar-refractivity contribution is 7.91. The van der Waals surface area contributed by atoms with Crippen LogP contribution in [0.25, 0.3) is 0 Å². The van der Waals surface area contributed by atoms with E-state index in [1.807, 2.05) is 6.08 Å². The van der Waals surface area contributed by atoms with E-state index in [9.17, 15) is 13.2 Å². The lowest BCUT2D eigenvalue weighted by molar-refractivity contribution is -0.229. The minimum Gasteiger partial charge on any atom is -0.478 e. The Morgan fingerprint density at radius 1 is 1.02 bits per heavy atom. The third-order valence-electron chi connectivity index (χ3n) is 16.0. The zero-order chi connectivity index (χ0) is 34.8. The predicted molar refractivity (Wildman–Crippen MR) is 196 cm³/mol. The molecule has 0 radical (unpaired) electrons. The normalized spacial score (nSPS) is 43.6. The molecule has 5 fully saturated rings. The molecule has 0 aromatic heterocycles. The number of fused-ring (bicyclic) bond motifs is 7. The minimum atomic E-state index is -2.86. The molecule has 0 bridgehead atoms. The lowest BCUT2D eigenvalue weighted by Crippen LogP contribution is -2.68. The van der Waals surface area contributed by atoms with Crippen LogP contribution < -0.4 is 5.32 Å². The van der Waals surface area contributed by atoms with Crippen LogP contribution in [0, 0.1) is 51.2 Å². The number of aliphatic carboxylic acids is 1. The van der Waals surface area contributed by atoms with Crippen molar-refractivity contribution < 1.29 is 18.3 Å². The Balaban J connectivity index is 1.27. The van der Waals surface area contributed by atoms with Crippen LogP contribution in [-0.2, 0) is 14.6 Å². The molecule has 9 atom stereocenters. The van der Waals surface area contributed by atoms with Crippen molar-refractivity contribution in [3.8, 4) is 0 Å². The van der Waals surface area contributed by atoms with Crippen molar-refractivity contribution in [3.05, 3.63) is 48.1 Å². The zero-order valence-corrected chi connectivity index (χ0v) is 31.6. The summed E-state index contributed by atoms with van der Waals surface area (Å²) in [6.07, 6.45) is 22.0. The van der Waals surface area contributed by atoms with Crippen molar-refractivity contribution in [3.63, 3.8) is 0 Å². The van der Waals surface area contributed by atoms with E-state index in [2.05, 4.69) is 70.5 Å². The van der Waals surface area contributed by atoms with Crippen molar-refractivity contribution in [1.82, 2.24) is 10.2 Å². The molecule has 1 aliphatic heterocycles. The van der Waals surface area contributed by atoms with E-state index in [4.69, 9.17) is 5.11 Å². The van der Waals surface area contributed by atoms with Gasteiger partial charge in [0.25, 0.3) is 0 Å². The number of sulfone groups is 1. The van der Waals surface area contributed by atoms with Crippen molar-refractivity contribution in [2.24, 2.45) is 51.2 Å². The average molecular weight is 681 g/mol. The van der Waals surface area contributed by atoms with E-state index in [1.54, 1.807) is 6.08 Å². The monoisotopic (exact) mass is 680 g/mol. The Bertz CT molecular complexity index is 1460. The van der Waals surface area contributed by atoms with Gasteiger partial charge in [-0.25, -0.2) is 13.2 Å². The van der Waals surface area contributed by atoms with Gasteiger partial charge in [0.1, 0.15) is 0 Å². The first-order valence-corrected chi connectivity index (χ1v) is 21.0. The fraction of sp³-hybridized carbons (Fsp3) is 0.780. The lowest BCUT2D eigenvalue weighted by atomic mass is 9.32. The van der Waals surface area contributed by atoms with Crippen molar-refractivity contribution >= 4 is 15.8 Å². The minimum absolute atomic E-state index is 0.0405. The van der Waals surface area contributed by atoms with Crippen LogP contribution in [0.1, 0.15) is 106 Å². The van der Waals surface area contributed by atoms with Gasteiger partial charge in [-0.15, -0.1) is 0 Å². The molecule has 0 aromatic carbocycles. The van der Waals surface area contributed by atoms with Crippen LogP contribution in [0.2, 0.25) is 0 Å². The highest BCUT2D eigenvalue weighted by Crippen LogP contribution is 2.77. The smallest absolute Gasteiger partial charge is 0.328 e. The van der Waals surface area contributed by atoms with Crippen molar-refractivity contribution in [2.75, 3.05) is 37.7 Å². The molecule has 1 saturated heterocycles. The Kier molecular flexibility index (Phi) is 9.64. The third-order valence-corrected chi connectivity index (χ3v) is 17.6. The average Bonchev–Trinajstić information content (AvgIpc) is 3.40. The molecule has 4 saturated carbocycles. The maximum absolute atomic E-state index is 12.0. The lowest BCUT2D eigenvalue weighted by Gasteiger charge is -2.73. The maximum Gasteiger partial charge on any atom is 0.328 e. The van der Waals surface area contributed by atoms with E-state index in [0.717, 1.165) is 19.5 Å². The number of hydrogen-bond donors (Lipinski definition) is 2. The van der Waals surface area contributed by atoms with Gasteiger partial charge >= 0.3 is 5.97 Å². The summed E-state index contributed by atoms with van der Waals surface area (Å²) in [5, 5.41) is 13.3. The van der Waals surface area contributed by atoms with E-state index >= 15 is 0 Å². The number of carboxylic acids is 1. The maximum atomic E-state index is 12.0. The Hall–Kier alpha value is -1.70. The van der Waals surface area contributed by atoms with Crippen molar-refractivity contribution in [1.29, 1.82) is 0 Å². The fourth-order valence-corrected chi connectivity index (χ4v) is 15.0. The van der Waals surface area contributed by atoms with Gasteiger partial charge in [0.05, 0.1) is 11.5 Å². The summed E-state index contributed by atoms with van der Waals surface area (Å²) < 4.78 is 24.0. The van der Waals surface area contributed by atoms with Crippen molar-refractivity contribution in [2.45, 2.75) is 111 Å². The van der Waals surface area contributed by atoms with Crippen LogP contribution in [0.4, 0.5) is 0 Å². The van der Waals surface area contributed by atoms with Gasteiger partial charge in [-0.05, 0) is 128 Å². The van der Waals surface area contributed by atoms with E-state index < -0.39 is 15.8 Å². The summed E-state index contributed by atoms with van der Waals surface area (Å²) in [6, 6.07) is 0. The summed E-state index contributed by atoms with van der Waals surface area (Å²) >= 11 is 0. The molecular weight excluding hydrogens is 617 g/mol. The van der Waals surface area contributed by atoms with Gasteiger partial charge in [0, 0.05) is 37.8 Å². The van der Waals surface area contributed by atoms with Gasteiger partial charge in [0.15, 0.2) is 9.84 Å². The molecule has 7 heteroatoms. The molecule has 6 rings (SSSR count). The third kappa shape index (κ3) is 5.74. The quantitative estimate of drug-likeness (QED) is 0.147. The van der Waals surface area contributed by atoms with Gasteiger partial charge < -0.3 is 15.3 Å². The number of carbonyl (C=O) groups is 1. The van der Waals surface area contributed by atoms with Gasteiger partial charge in [-0.3, -0.25) is 0 Å². The standard InChI is InChI=1S/C41H64N2O4S/c1-8-40-21-22-41(42-23-24-43-25-27-48(46,47)28-26-43)20-16-31(29(2)3)36(41)32(40)13-14-34-38(6)18-15-30(11-9-10-12-35(44)45)37(4,5)33(38)17-19-39(34,40)7/h9-12,15,31-34,36,42H,2,8,13-14,16-28H2,1,3-7H3,(H,44,45). The molecule has 0 aromatic rings. The summed E-state index contributed by atoms with van der Waals surface area (Å²) in [5.74, 6) is 2.87. The summed E-state index contributed by atoms with van der Waals surface area (Å²) in [5.41, 5.74) is 3.80. The number of nitrogens with one attached hydrogen (secondary N) is 1. The Labute approximate surface area is 291 Å². The van der Waals surface area contributed by atoms with E-state index in [0.29, 0.717) is 65.0 Å². The number of allylic oxidation sites excluding steroid dienone is 6. The van der Waals surface area contributed by atoms with Gasteiger partial charge in [-0.2, -0.15) is 0 Å². The zero-order valence-electron chi connectivity index (χ0n) is 30.8. The van der Waals surface area contributed by atoms with Crippen LogP contribution in [0.5, 0.6) is 0 Å². The highest BCUT2D eigenvalue weighted by atomic mass is 32.2. The highest BCUT2D eigenvalue weighted by Gasteiger charge is 2.71. The molecule has 6 aliphatic rings. The first-order valence-electron chi connectivity index (χ1n) is 19.2. The molecule has 9 unspecified atom stereocenters. The first kappa shape index (κ1) is 36.1. The van der Waals surface area contributed by atoms with Gasteiger partial charge in [-0.1, -0.05) is 71.1 Å². The molecule has 268 valence electrons. The second kappa shape index (κ2) is 12.8. The second-order valence-corrected chi connectivity index (χ2v) is 20.3. The summed E-state index contributed by atoms with van der Waals surface area (Å²) in [7, 11) is -2.86. The Morgan fingerprint density at radius 3 is 2.42 bits per heavy atom. The SMILES string of the molecule is C=C(C)C1CCC2(NCCN3CCS(=O)(=O)CC3)CCC3(CC)C(CCC4C5(C)CC=C(C=CC=CC(=O)O)C(C)(C)C5CCC43C)C12. The number of carboxylic acid groups (broad SMARTS) is 1. The number of nitrogens with zero attached hydrogens (tertiary/aromatic N) is 1. The largest absolute Gasteiger partial charge is 0.478 e. The van der Waals surface area contributed by atoms with Crippen LogP contribution in [0.15, 0.2) is 48.1 Å². The van der Waals surface area contributed by atoms with Crippen LogP contribution in [-0.4, -0.2) is 67.6 Å². The molecule has 0 amide bonds. The number of rotatable bonds is 9. The van der Waals surface area contributed by atoms with E-state index in [1.165, 1.54) is 75.0 Å². The summed E-state index contributed by atoms with van der Waals surface area (Å²) in [4.78, 5) is 13.4. The molecule has 5 aliphatic carbocycles. The summed E-state index contributed by atoms with van der Waals surface area (Å²) in [6.45, 7) is 22.9. The van der Waals surface area contributed by atoms with Crippen LogP contribution >= 0.6 is 0 Å². The predicted octanol–water partition coefficient (Wildman–Crippen LogP) is 7.84. The fourth-order valence-electron chi connectivity index (χ4n) is 13.7. The topological polar surface area (TPSA) is 86.7 Å². The molecule has 0 spiro atoms. The van der Waals surface area contributed by atoms with E-state index in [-0.39, 0.29) is 16.4 Å². The second-order valence-electron chi connectivity index (χ2n) is 18.0. The molecule has 48 heavy (non-hydrogen) atoms. The number of hydrogen-bond acceptors (Lipinski definition) is 5. The molecule has 6 nitrogen and oxygen atoms in total. The van der Waals surface area contributed by atoms with Gasteiger partial charge in [0.2, 0.25) is 0 Å². The molecule has 1 heterocycles.